The number of nitrogens with two attached hydrogens (primary N) is 1. The summed E-state index contributed by atoms with van der Waals surface area (Å²) in [4.78, 5) is 24.5. The Bertz CT molecular complexity index is 1080. The van der Waals surface area contributed by atoms with E-state index in [1.54, 1.807) is 10.8 Å². The maximum Gasteiger partial charge on any atom is 0.332 e. The minimum atomic E-state index is -0.482. The number of fused-ring (bicyclic) bond motifs is 1. The topological polar surface area (TPSA) is 98.7 Å². The summed E-state index contributed by atoms with van der Waals surface area (Å²) in [6.07, 6.45) is 1.95. The third kappa shape index (κ3) is 2.04. The van der Waals surface area contributed by atoms with E-state index in [1.165, 1.54) is 18.7 Å². The average Bonchev–Trinajstić information content (AvgIpc) is 2.91. The lowest BCUT2D eigenvalue weighted by Gasteiger charge is -2.13. The first-order valence-corrected chi connectivity index (χ1v) is 6.99. The summed E-state index contributed by atoms with van der Waals surface area (Å²) in [5.41, 5.74) is 6.84. The number of aromatic nitrogens is 3. The molecule has 7 heteroatoms. The largest absolute Gasteiger partial charge is 0.383 e. The van der Waals surface area contributed by atoms with E-state index in [1.807, 2.05) is 24.3 Å². The first-order chi connectivity index (χ1) is 11.0. The van der Waals surface area contributed by atoms with Gasteiger partial charge in [0, 0.05) is 25.7 Å². The van der Waals surface area contributed by atoms with Crippen LogP contribution < -0.4 is 17.0 Å². The first-order valence-electron chi connectivity index (χ1n) is 6.99. The lowest BCUT2D eigenvalue weighted by atomic mass is 10.1. The molecule has 0 aliphatic rings. The van der Waals surface area contributed by atoms with E-state index in [0.717, 1.165) is 21.0 Å². The molecule has 2 N–H and O–H groups in total. The lowest BCUT2D eigenvalue weighted by Crippen LogP contribution is -2.40. The zero-order valence-corrected chi connectivity index (χ0v) is 12.8. The van der Waals surface area contributed by atoms with E-state index in [4.69, 9.17) is 11.0 Å². The summed E-state index contributed by atoms with van der Waals surface area (Å²) in [5, 5.41) is 9.88. The third-order valence-corrected chi connectivity index (χ3v) is 3.99. The molecule has 0 aliphatic heterocycles. The molecule has 3 rings (SSSR count). The molecule has 0 aliphatic carbocycles. The van der Waals surface area contributed by atoms with Crippen LogP contribution in [0, 0.1) is 11.3 Å². The SMILES string of the molecule is Cn1c(N)c(-n2cc(CC#N)c3ccccc32)c(=O)n(C)c1=O. The Kier molecular flexibility index (Phi) is 3.30. The van der Waals surface area contributed by atoms with E-state index in [0.29, 0.717) is 0 Å². The molecule has 23 heavy (non-hydrogen) atoms. The van der Waals surface area contributed by atoms with Crippen molar-refractivity contribution in [2.45, 2.75) is 6.42 Å². The van der Waals surface area contributed by atoms with Gasteiger partial charge < -0.3 is 10.3 Å². The van der Waals surface area contributed by atoms with E-state index in [9.17, 15) is 9.59 Å². The van der Waals surface area contributed by atoms with Crippen molar-refractivity contribution in [3.8, 4) is 11.8 Å². The van der Waals surface area contributed by atoms with Crippen molar-refractivity contribution in [1.29, 1.82) is 5.26 Å². The highest BCUT2D eigenvalue weighted by Gasteiger charge is 2.18. The number of hydrogen-bond acceptors (Lipinski definition) is 4. The number of nitrogens with zero attached hydrogens (tertiary/aromatic N) is 4. The highest BCUT2D eigenvalue weighted by atomic mass is 16.2. The summed E-state index contributed by atoms with van der Waals surface area (Å²) in [6.45, 7) is 0. The summed E-state index contributed by atoms with van der Waals surface area (Å²) in [5.74, 6) is 0.0855. The molecule has 7 nitrogen and oxygen atoms in total. The van der Waals surface area contributed by atoms with Crippen molar-refractivity contribution in [2.24, 2.45) is 14.1 Å². The predicted molar refractivity (Wildman–Crippen MR) is 87.5 cm³/mol. The quantitative estimate of drug-likeness (QED) is 0.752. The normalized spacial score (nSPS) is 10.8. The molecule has 0 saturated carbocycles. The second-order valence-corrected chi connectivity index (χ2v) is 5.32. The van der Waals surface area contributed by atoms with Crippen molar-refractivity contribution in [3.05, 3.63) is 56.9 Å². The Morgan fingerprint density at radius 2 is 1.87 bits per heavy atom. The zero-order chi connectivity index (χ0) is 16.7. The van der Waals surface area contributed by atoms with Crippen molar-refractivity contribution in [2.75, 3.05) is 5.73 Å². The first kappa shape index (κ1) is 14.7. The van der Waals surface area contributed by atoms with E-state index in [-0.39, 0.29) is 17.9 Å². The van der Waals surface area contributed by atoms with Crippen LogP contribution >= 0.6 is 0 Å². The van der Waals surface area contributed by atoms with Crippen LogP contribution in [0.2, 0.25) is 0 Å². The van der Waals surface area contributed by atoms with Crippen LogP contribution in [0.15, 0.2) is 40.1 Å². The summed E-state index contributed by atoms with van der Waals surface area (Å²) < 4.78 is 3.90. The van der Waals surface area contributed by atoms with Gasteiger partial charge >= 0.3 is 5.69 Å². The van der Waals surface area contributed by atoms with Gasteiger partial charge in [0.15, 0.2) is 5.69 Å². The van der Waals surface area contributed by atoms with Gasteiger partial charge in [-0.2, -0.15) is 5.26 Å². The molecule has 1 aromatic carbocycles. The van der Waals surface area contributed by atoms with Gasteiger partial charge in [-0.15, -0.1) is 0 Å². The van der Waals surface area contributed by atoms with Crippen molar-refractivity contribution >= 4 is 16.7 Å². The molecule has 0 spiro atoms. The van der Waals surface area contributed by atoms with Gasteiger partial charge in [-0.1, -0.05) is 18.2 Å². The molecule has 2 heterocycles. The zero-order valence-electron chi connectivity index (χ0n) is 12.8. The maximum absolute atomic E-state index is 12.6. The smallest absolute Gasteiger partial charge is 0.332 e. The van der Waals surface area contributed by atoms with Crippen LogP contribution in [-0.2, 0) is 20.5 Å². The van der Waals surface area contributed by atoms with Gasteiger partial charge in [-0.3, -0.25) is 13.9 Å². The van der Waals surface area contributed by atoms with Gasteiger partial charge in [-0.25, -0.2) is 4.79 Å². The number of nitrogen functional groups attached to an aromatic ring is 1. The Morgan fingerprint density at radius 3 is 2.57 bits per heavy atom. The predicted octanol–water partition coefficient (Wildman–Crippen LogP) is 0.676. The molecule has 2 aromatic heterocycles. The summed E-state index contributed by atoms with van der Waals surface area (Å²) in [6, 6.07) is 9.57. The molecule has 3 aromatic rings. The molecule has 0 amide bonds. The van der Waals surface area contributed by atoms with Crippen LogP contribution in [0.1, 0.15) is 5.56 Å². The maximum atomic E-state index is 12.6. The van der Waals surface area contributed by atoms with Crippen LogP contribution in [0.3, 0.4) is 0 Å². The molecule has 0 bridgehead atoms. The number of benzene rings is 1. The minimum absolute atomic E-state index is 0.0855. The van der Waals surface area contributed by atoms with Crippen LogP contribution in [0.25, 0.3) is 16.6 Å². The fourth-order valence-corrected chi connectivity index (χ4v) is 2.73. The second kappa shape index (κ2) is 5.18. The molecule has 0 radical (unpaired) electrons. The van der Waals surface area contributed by atoms with Crippen LogP contribution in [0.5, 0.6) is 0 Å². The van der Waals surface area contributed by atoms with E-state index >= 15 is 0 Å². The van der Waals surface area contributed by atoms with Crippen LogP contribution in [-0.4, -0.2) is 13.7 Å². The fraction of sp³-hybridized carbons (Fsp3) is 0.188. The summed E-state index contributed by atoms with van der Waals surface area (Å²) >= 11 is 0. The van der Waals surface area contributed by atoms with Gasteiger partial charge in [0.25, 0.3) is 5.56 Å². The molecule has 116 valence electrons. The van der Waals surface area contributed by atoms with E-state index < -0.39 is 11.2 Å². The summed E-state index contributed by atoms with van der Waals surface area (Å²) in [7, 11) is 2.93. The minimum Gasteiger partial charge on any atom is -0.383 e. The molecule has 0 saturated heterocycles. The number of hydrogen-bond donors (Lipinski definition) is 1. The molecule has 0 unspecified atom stereocenters. The standard InChI is InChI=1S/C16H15N5O2/c1-19-14(18)13(15(22)20(2)16(19)23)21-9-10(7-8-17)11-5-3-4-6-12(11)21/h3-6,9H,7,18H2,1-2H3. The molecule has 0 atom stereocenters. The molecular formula is C16H15N5O2. The number of anilines is 1. The highest BCUT2D eigenvalue weighted by Crippen LogP contribution is 2.25. The average molecular weight is 309 g/mol. The van der Waals surface area contributed by atoms with Crippen molar-refractivity contribution in [3.63, 3.8) is 0 Å². The number of rotatable bonds is 2. The second-order valence-electron chi connectivity index (χ2n) is 5.32. The third-order valence-electron chi connectivity index (χ3n) is 3.99. The van der Waals surface area contributed by atoms with E-state index in [2.05, 4.69) is 6.07 Å². The van der Waals surface area contributed by atoms with Gasteiger partial charge in [0.05, 0.1) is 18.0 Å². The van der Waals surface area contributed by atoms with Crippen LogP contribution in [0.4, 0.5) is 5.82 Å². The molecular weight excluding hydrogens is 294 g/mol. The van der Waals surface area contributed by atoms with Gasteiger partial charge in [0.2, 0.25) is 0 Å². The van der Waals surface area contributed by atoms with Crippen molar-refractivity contribution in [1.82, 2.24) is 13.7 Å². The highest BCUT2D eigenvalue weighted by molar-refractivity contribution is 5.86. The molecule has 0 fully saturated rings. The lowest BCUT2D eigenvalue weighted by molar-refractivity contribution is 0.685. The number of para-hydroxylation sites is 1. The Labute approximate surface area is 131 Å². The van der Waals surface area contributed by atoms with Gasteiger partial charge in [0.1, 0.15) is 5.82 Å². The van der Waals surface area contributed by atoms with Crippen molar-refractivity contribution < 1.29 is 0 Å². The Hall–Kier alpha value is -3.27. The fourth-order valence-electron chi connectivity index (χ4n) is 2.73. The van der Waals surface area contributed by atoms with Gasteiger partial charge in [-0.05, 0) is 11.6 Å². The monoisotopic (exact) mass is 309 g/mol. The number of nitriles is 1. The Balaban J connectivity index is 2.47. The Morgan fingerprint density at radius 1 is 1.17 bits per heavy atom.